The summed E-state index contributed by atoms with van der Waals surface area (Å²) >= 11 is 0. The molecule has 0 radical (unpaired) electrons. The van der Waals surface area contributed by atoms with Gasteiger partial charge in [0, 0.05) is 6.92 Å². The molecule has 3 heteroatoms. The fourth-order valence-electron chi connectivity index (χ4n) is 0.461. The average molecular weight is 174 g/mol. The molecule has 0 spiro atoms. The molecule has 0 aliphatic rings. The lowest BCUT2D eigenvalue weighted by atomic mass is 10.1. The highest BCUT2D eigenvalue weighted by Crippen LogP contribution is 2.12. The highest BCUT2D eigenvalue weighted by molar-refractivity contribution is 5.66. The van der Waals surface area contributed by atoms with Gasteiger partial charge in [-0.05, 0) is 27.2 Å². The summed E-state index contributed by atoms with van der Waals surface area (Å²) in [4.78, 5) is 19.2. The molecular weight excluding hydrogens is 156 g/mol. The Hall–Kier alpha value is -0.860. The molecule has 0 heterocycles. The van der Waals surface area contributed by atoms with Gasteiger partial charge >= 0.3 is 5.97 Å². The Labute approximate surface area is 74.1 Å². The molecule has 0 rings (SSSR count). The van der Waals surface area contributed by atoms with Gasteiger partial charge in [0.15, 0.2) is 0 Å². The second kappa shape index (κ2) is 6.83. The van der Waals surface area contributed by atoms with Crippen LogP contribution in [-0.4, -0.2) is 17.9 Å². The lowest BCUT2D eigenvalue weighted by molar-refractivity contribution is -0.153. The number of ether oxygens (including phenoxy) is 1. The molecule has 0 bridgehead atoms. The van der Waals surface area contributed by atoms with Crippen molar-refractivity contribution >= 4 is 12.3 Å². The minimum absolute atomic E-state index is 0.207. The van der Waals surface area contributed by atoms with Gasteiger partial charge in [-0.1, -0.05) is 6.92 Å². The molecule has 0 saturated heterocycles. The normalized spacial score (nSPS) is 9.42. The van der Waals surface area contributed by atoms with E-state index < -0.39 is 0 Å². The van der Waals surface area contributed by atoms with Gasteiger partial charge in [-0.3, -0.25) is 4.79 Å². The molecule has 0 fully saturated rings. The monoisotopic (exact) mass is 174 g/mol. The van der Waals surface area contributed by atoms with Crippen LogP contribution >= 0.6 is 0 Å². The SMILES string of the molecule is CC=O.CCC(C)(C)OC(C)=O. The first-order valence-corrected chi connectivity index (χ1v) is 3.99. The van der Waals surface area contributed by atoms with E-state index in [9.17, 15) is 4.79 Å². The van der Waals surface area contributed by atoms with Crippen molar-refractivity contribution in [2.45, 2.75) is 46.6 Å². The molecule has 3 nitrogen and oxygen atoms in total. The van der Waals surface area contributed by atoms with Crippen LogP contribution in [0.15, 0.2) is 0 Å². The molecular formula is C9H18O3. The van der Waals surface area contributed by atoms with Crippen molar-refractivity contribution < 1.29 is 14.3 Å². The molecule has 0 unspecified atom stereocenters. The van der Waals surface area contributed by atoms with Crippen LogP contribution in [0.1, 0.15) is 41.0 Å². The summed E-state index contributed by atoms with van der Waals surface area (Å²) in [7, 11) is 0. The first-order chi connectivity index (χ1) is 5.39. The van der Waals surface area contributed by atoms with E-state index in [4.69, 9.17) is 9.53 Å². The van der Waals surface area contributed by atoms with Crippen molar-refractivity contribution in [3.05, 3.63) is 0 Å². The van der Waals surface area contributed by atoms with Gasteiger partial charge in [-0.25, -0.2) is 0 Å². The third-order valence-corrected chi connectivity index (χ3v) is 1.27. The second-order valence-electron chi connectivity index (χ2n) is 2.94. The Bertz CT molecular complexity index is 139. The Balaban J connectivity index is 0. The van der Waals surface area contributed by atoms with E-state index in [1.807, 2.05) is 20.8 Å². The van der Waals surface area contributed by atoms with Crippen molar-refractivity contribution in [2.75, 3.05) is 0 Å². The lowest BCUT2D eigenvalue weighted by Gasteiger charge is -2.21. The average Bonchev–Trinajstić information content (AvgIpc) is 1.87. The van der Waals surface area contributed by atoms with Crippen molar-refractivity contribution in [1.82, 2.24) is 0 Å². The largest absolute Gasteiger partial charge is 0.460 e. The number of carbonyl (C=O) groups excluding carboxylic acids is 2. The van der Waals surface area contributed by atoms with Crippen LogP contribution < -0.4 is 0 Å². The minimum atomic E-state index is -0.286. The number of aldehydes is 1. The van der Waals surface area contributed by atoms with E-state index in [-0.39, 0.29) is 11.6 Å². The van der Waals surface area contributed by atoms with Crippen LogP contribution in [0.5, 0.6) is 0 Å². The van der Waals surface area contributed by atoms with Crippen molar-refractivity contribution in [1.29, 1.82) is 0 Å². The number of rotatable bonds is 2. The summed E-state index contributed by atoms with van der Waals surface area (Å²) in [5.41, 5.74) is -0.286. The third kappa shape index (κ3) is 11.9. The Morgan fingerprint density at radius 3 is 1.92 bits per heavy atom. The number of esters is 1. The van der Waals surface area contributed by atoms with E-state index in [1.165, 1.54) is 13.8 Å². The van der Waals surface area contributed by atoms with Crippen LogP contribution in [0.3, 0.4) is 0 Å². The lowest BCUT2D eigenvalue weighted by Crippen LogP contribution is -2.25. The van der Waals surface area contributed by atoms with Gasteiger partial charge < -0.3 is 9.53 Å². The molecule has 0 saturated carbocycles. The molecule has 12 heavy (non-hydrogen) atoms. The zero-order chi connectivity index (χ0) is 10.2. The highest BCUT2D eigenvalue weighted by Gasteiger charge is 2.17. The predicted octanol–water partition coefficient (Wildman–Crippen LogP) is 1.94. The van der Waals surface area contributed by atoms with E-state index in [1.54, 1.807) is 0 Å². The molecule has 0 aromatic rings. The van der Waals surface area contributed by atoms with E-state index in [0.29, 0.717) is 0 Å². The van der Waals surface area contributed by atoms with Gasteiger partial charge in [0.25, 0.3) is 0 Å². The molecule has 0 aliphatic carbocycles. The molecule has 0 amide bonds. The Morgan fingerprint density at radius 2 is 1.83 bits per heavy atom. The van der Waals surface area contributed by atoms with Crippen LogP contribution in [0.2, 0.25) is 0 Å². The fourth-order valence-corrected chi connectivity index (χ4v) is 0.461. The van der Waals surface area contributed by atoms with E-state index >= 15 is 0 Å². The quantitative estimate of drug-likeness (QED) is 0.474. The molecule has 0 aromatic heterocycles. The van der Waals surface area contributed by atoms with Crippen molar-refractivity contribution in [2.24, 2.45) is 0 Å². The molecule has 0 aromatic carbocycles. The molecule has 0 N–H and O–H groups in total. The van der Waals surface area contributed by atoms with Crippen LogP contribution in [0.25, 0.3) is 0 Å². The maximum absolute atomic E-state index is 10.4. The molecule has 0 atom stereocenters. The summed E-state index contributed by atoms with van der Waals surface area (Å²) < 4.78 is 4.95. The first kappa shape index (κ1) is 13.7. The summed E-state index contributed by atoms with van der Waals surface area (Å²) in [6, 6.07) is 0. The maximum atomic E-state index is 10.4. The number of carbonyl (C=O) groups is 2. The van der Waals surface area contributed by atoms with Gasteiger partial charge in [-0.15, -0.1) is 0 Å². The molecule has 72 valence electrons. The van der Waals surface area contributed by atoms with Gasteiger partial charge in [0.05, 0.1) is 0 Å². The minimum Gasteiger partial charge on any atom is -0.460 e. The maximum Gasteiger partial charge on any atom is 0.303 e. The smallest absolute Gasteiger partial charge is 0.303 e. The number of hydrogen-bond donors (Lipinski definition) is 0. The fraction of sp³-hybridized carbons (Fsp3) is 0.778. The standard InChI is InChI=1S/C7H14O2.C2H4O/c1-5-7(3,4)9-6(2)8;1-2-3/h5H2,1-4H3;2H,1H3. The predicted molar refractivity (Wildman–Crippen MR) is 47.9 cm³/mol. The van der Waals surface area contributed by atoms with Crippen molar-refractivity contribution in [3.8, 4) is 0 Å². The Morgan fingerprint density at radius 1 is 1.50 bits per heavy atom. The Kier molecular flexibility index (Phi) is 7.80. The van der Waals surface area contributed by atoms with Gasteiger partial charge in [0.1, 0.15) is 11.9 Å². The summed E-state index contributed by atoms with van der Waals surface area (Å²) in [5, 5.41) is 0. The van der Waals surface area contributed by atoms with E-state index in [0.717, 1.165) is 12.7 Å². The summed E-state index contributed by atoms with van der Waals surface area (Å²) in [5.74, 6) is -0.207. The van der Waals surface area contributed by atoms with Crippen LogP contribution in [0.4, 0.5) is 0 Å². The van der Waals surface area contributed by atoms with Crippen LogP contribution in [-0.2, 0) is 14.3 Å². The molecule has 0 aliphatic heterocycles. The summed E-state index contributed by atoms with van der Waals surface area (Å²) in [6.45, 7) is 8.66. The van der Waals surface area contributed by atoms with Gasteiger partial charge in [0.2, 0.25) is 0 Å². The van der Waals surface area contributed by atoms with E-state index in [2.05, 4.69) is 0 Å². The zero-order valence-corrected chi connectivity index (χ0v) is 8.51. The van der Waals surface area contributed by atoms with Crippen molar-refractivity contribution in [3.63, 3.8) is 0 Å². The number of hydrogen-bond acceptors (Lipinski definition) is 3. The van der Waals surface area contributed by atoms with Crippen LogP contribution in [0, 0.1) is 0 Å². The van der Waals surface area contributed by atoms with Gasteiger partial charge in [-0.2, -0.15) is 0 Å². The topological polar surface area (TPSA) is 43.4 Å². The highest BCUT2D eigenvalue weighted by atomic mass is 16.6. The zero-order valence-electron chi connectivity index (χ0n) is 8.51. The third-order valence-electron chi connectivity index (χ3n) is 1.27. The summed E-state index contributed by atoms with van der Waals surface area (Å²) in [6.07, 6.45) is 1.60. The first-order valence-electron chi connectivity index (χ1n) is 3.99. The second-order valence-corrected chi connectivity index (χ2v) is 2.94.